The molecule has 3 rings (SSSR count). The average molecular weight is 359 g/mol. The van der Waals surface area contributed by atoms with E-state index >= 15 is 0 Å². The topological polar surface area (TPSA) is 32.8 Å². The van der Waals surface area contributed by atoms with Crippen molar-refractivity contribution in [1.82, 2.24) is 9.80 Å². The summed E-state index contributed by atoms with van der Waals surface area (Å²) in [6.07, 6.45) is 0.991. The van der Waals surface area contributed by atoms with Crippen LogP contribution in [-0.2, 0) is 6.61 Å². The van der Waals surface area contributed by atoms with E-state index in [2.05, 4.69) is 11.9 Å². The minimum Gasteiger partial charge on any atom is -0.488 e. The monoisotopic (exact) mass is 358 g/mol. The highest BCUT2D eigenvalue weighted by Gasteiger charge is 2.21. The van der Waals surface area contributed by atoms with Gasteiger partial charge in [-0.2, -0.15) is 0 Å². The van der Waals surface area contributed by atoms with E-state index in [9.17, 15) is 4.79 Å². The molecule has 0 N–H and O–H groups in total. The molecule has 0 unspecified atom stereocenters. The highest BCUT2D eigenvalue weighted by atomic mass is 35.5. The minimum atomic E-state index is 0.0325. The van der Waals surface area contributed by atoms with Gasteiger partial charge in [0, 0.05) is 30.2 Å². The molecule has 2 aromatic carbocycles. The Bertz CT molecular complexity index is 735. The molecule has 0 atom stereocenters. The lowest BCUT2D eigenvalue weighted by atomic mass is 10.1. The van der Waals surface area contributed by atoms with E-state index in [0.29, 0.717) is 22.9 Å². The third-order valence-electron chi connectivity index (χ3n) is 4.47. The second-order valence-corrected chi connectivity index (χ2v) is 6.73. The van der Waals surface area contributed by atoms with Gasteiger partial charge in [0.15, 0.2) is 0 Å². The summed E-state index contributed by atoms with van der Waals surface area (Å²) in [7, 11) is 2.09. The van der Waals surface area contributed by atoms with Crippen molar-refractivity contribution in [2.45, 2.75) is 13.0 Å². The highest BCUT2D eigenvalue weighted by molar-refractivity contribution is 6.31. The molecule has 0 spiro atoms. The van der Waals surface area contributed by atoms with Gasteiger partial charge >= 0.3 is 0 Å². The second-order valence-electron chi connectivity index (χ2n) is 6.33. The van der Waals surface area contributed by atoms with Crippen molar-refractivity contribution in [1.29, 1.82) is 0 Å². The molecule has 2 aromatic rings. The standard InChI is InChI=1S/C20H23ClN2O2/c1-22-11-6-12-23(14-13-22)20(24)17-8-3-5-10-19(17)25-15-16-7-2-4-9-18(16)21/h2-5,7-10H,6,11-15H2,1H3. The van der Waals surface area contributed by atoms with Crippen molar-refractivity contribution >= 4 is 17.5 Å². The van der Waals surface area contributed by atoms with Gasteiger partial charge in [-0.1, -0.05) is 41.9 Å². The number of ether oxygens (including phenoxy) is 1. The summed E-state index contributed by atoms with van der Waals surface area (Å²) in [6.45, 7) is 3.78. The first-order chi connectivity index (χ1) is 12.1. The Kier molecular flexibility index (Phi) is 5.95. The lowest BCUT2D eigenvalue weighted by Gasteiger charge is -2.22. The Morgan fingerprint density at radius 2 is 1.80 bits per heavy atom. The first-order valence-corrected chi connectivity index (χ1v) is 8.96. The van der Waals surface area contributed by atoms with E-state index in [1.807, 2.05) is 53.4 Å². The van der Waals surface area contributed by atoms with Crippen LogP contribution in [0.5, 0.6) is 5.75 Å². The lowest BCUT2D eigenvalue weighted by molar-refractivity contribution is 0.0758. The number of rotatable bonds is 4. The summed E-state index contributed by atoms with van der Waals surface area (Å²) in [6, 6.07) is 15.0. The van der Waals surface area contributed by atoms with Gasteiger partial charge in [0.1, 0.15) is 12.4 Å². The largest absolute Gasteiger partial charge is 0.488 e. The second kappa shape index (κ2) is 8.37. The third-order valence-corrected chi connectivity index (χ3v) is 4.83. The van der Waals surface area contributed by atoms with E-state index in [1.165, 1.54) is 0 Å². The molecule has 0 radical (unpaired) electrons. The minimum absolute atomic E-state index is 0.0325. The van der Waals surface area contributed by atoms with Crippen LogP contribution in [-0.4, -0.2) is 48.9 Å². The van der Waals surface area contributed by atoms with Crippen molar-refractivity contribution in [3.8, 4) is 5.75 Å². The lowest BCUT2D eigenvalue weighted by Crippen LogP contribution is -2.34. The quantitative estimate of drug-likeness (QED) is 0.835. The average Bonchev–Trinajstić information content (AvgIpc) is 2.85. The normalized spacial score (nSPS) is 15.7. The summed E-state index contributed by atoms with van der Waals surface area (Å²) >= 11 is 6.19. The highest BCUT2D eigenvalue weighted by Crippen LogP contribution is 2.23. The predicted molar refractivity (Wildman–Crippen MR) is 100 cm³/mol. The van der Waals surface area contributed by atoms with Crippen LogP contribution in [0.1, 0.15) is 22.3 Å². The summed E-state index contributed by atoms with van der Waals surface area (Å²) in [5.41, 5.74) is 1.52. The zero-order valence-electron chi connectivity index (χ0n) is 14.5. The molecule has 1 fully saturated rings. The van der Waals surface area contributed by atoms with Crippen LogP contribution in [0.3, 0.4) is 0 Å². The van der Waals surface area contributed by atoms with Crippen LogP contribution >= 0.6 is 11.6 Å². The number of benzene rings is 2. The number of hydrogen-bond acceptors (Lipinski definition) is 3. The number of amides is 1. The molecule has 0 aromatic heterocycles. The molecular formula is C20H23ClN2O2. The Hall–Kier alpha value is -2.04. The van der Waals surface area contributed by atoms with Gasteiger partial charge in [0.25, 0.3) is 5.91 Å². The molecule has 1 aliphatic rings. The first kappa shape index (κ1) is 17.8. The maximum absolute atomic E-state index is 13.0. The Balaban J connectivity index is 1.74. The molecule has 1 aliphatic heterocycles. The molecule has 5 heteroatoms. The van der Waals surface area contributed by atoms with Gasteiger partial charge in [0.2, 0.25) is 0 Å². The number of likely N-dealkylation sites (N-methyl/N-ethyl adjacent to an activating group) is 1. The van der Waals surface area contributed by atoms with Crippen molar-refractivity contribution in [3.63, 3.8) is 0 Å². The van der Waals surface area contributed by atoms with Crippen molar-refractivity contribution in [2.75, 3.05) is 33.2 Å². The molecule has 0 saturated carbocycles. The molecule has 0 aliphatic carbocycles. The maximum atomic E-state index is 13.0. The predicted octanol–water partition coefficient (Wildman–Crippen LogP) is 3.70. The fourth-order valence-corrected chi connectivity index (χ4v) is 3.15. The van der Waals surface area contributed by atoms with Gasteiger partial charge < -0.3 is 14.5 Å². The number of carbonyl (C=O) groups is 1. The zero-order valence-corrected chi connectivity index (χ0v) is 15.2. The zero-order chi connectivity index (χ0) is 17.6. The van der Waals surface area contributed by atoms with Gasteiger partial charge in [-0.15, -0.1) is 0 Å². The van der Waals surface area contributed by atoms with Crippen molar-refractivity contribution < 1.29 is 9.53 Å². The van der Waals surface area contributed by atoms with Crippen LogP contribution in [0.4, 0.5) is 0 Å². The molecule has 1 saturated heterocycles. The van der Waals surface area contributed by atoms with E-state index < -0.39 is 0 Å². The fraction of sp³-hybridized carbons (Fsp3) is 0.350. The van der Waals surface area contributed by atoms with Crippen molar-refractivity contribution in [2.24, 2.45) is 0 Å². The van der Waals surface area contributed by atoms with Crippen LogP contribution in [0.15, 0.2) is 48.5 Å². The van der Waals surface area contributed by atoms with E-state index in [1.54, 1.807) is 0 Å². The summed E-state index contributed by atoms with van der Waals surface area (Å²) in [5.74, 6) is 0.634. The number of para-hydroxylation sites is 1. The molecule has 132 valence electrons. The van der Waals surface area contributed by atoms with E-state index in [4.69, 9.17) is 16.3 Å². The molecule has 1 heterocycles. The van der Waals surface area contributed by atoms with E-state index in [-0.39, 0.29) is 5.91 Å². The van der Waals surface area contributed by atoms with Gasteiger partial charge in [-0.25, -0.2) is 0 Å². The first-order valence-electron chi connectivity index (χ1n) is 8.58. The molecule has 25 heavy (non-hydrogen) atoms. The third kappa shape index (κ3) is 4.53. The number of halogens is 1. The number of carbonyl (C=O) groups excluding carboxylic acids is 1. The van der Waals surface area contributed by atoms with Crippen LogP contribution in [0.2, 0.25) is 5.02 Å². The van der Waals surface area contributed by atoms with Crippen LogP contribution in [0, 0.1) is 0 Å². The Labute approximate surface area is 154 Å². The van der Waals surface area contributed by atoms with Gasteiger partial charge in [0.05, 0.1) is 5.56 Å². The van der Waals surface area contributed by atoms with Gasteiger partial charge in [-0.3, -0.25) is 4.79 Å². The molecule has 0 bridgehead atoms. The summed E-state index contributed by atoms with van der Waals surface area (Å²) < 4.78 is 5.93. The van der Waals surface area contributed by atoms with Crippen LogP contribution in [0.25, 0.3) is 0 Å². The smallest absolute Gasteiger partial charge is 0.257 e. The van der Waals surface area contributed by atoms with Crippen LogP contribution < -0.4 is 4.74 Å². The molecule has 1 amide bonds. The summed E-state index contributed by atoms with van der Waals surface area (Å²) in [5, 5.41) is 0.668. The Morgan fingerprint density at radius 3 is 2.64 bits per heavy atom. The summed E-state index contributed by atoms with van der Waals surface area (Å²) in [4.78, 5) is 17.1. The molecule has 4 nitrogen and oxygen atoms in total. The Morgan fingerprint density at radius 1 is 1.04 bits per heavy atom. The molecular weight excluding hydrogens is 336 g/mol. The number of nitrogens with zero attached hydrogens (tertiary/aromatic N) is 2. The maximum Gasteiger partial charge on any atom is 0.257 e. The van der Waals surface area contributed by atoms with E-state index in [0.717, 1.165) is 38.2 Å². The van der Waals surface area contributed by atoms with Gasteiger partial charge in [-0.05, 0) is 38.2 Å². The number of hydrogen-bond donors (Lipinski definition) is 0. The SMILES string of the molecule is CN1CCCN(C(=O)c2ccccc2OCc2ccccc2Cl)CC1. The van der Waals surface area contributed by atoms with Crippen molar-refractivity contribution in [3.05, 3.63) is 64.7 Å². The fourth-order valence-electron chi connectivity index (χ4n) is 2.96.